The van der Waals surface area contributed by atoms with E-state index in [2.05, 4.69) is 91.1 Å². The van der Waals surface area contributed by atoms with Crippen LogP contribution in [-0.4, -0.2) is 34.2 Å². The normalized spacial score (nSPS) is 16.6. The Morgan fingerprint density at radius 2 is 1.60 bits per heavy atom. The summed E-state index contributed by atoms with van der Waals surface area (Å²) in [5.41, 5.74) is 0. The Hall–Kier alpha value is -0.686. The largest absolute Gasteiger partial charge is 0.414 e. The lowest BCUT2D eigenvalue weighted by molar-refractivity contribution is 0.163. The van der Waals surface area contributed by atoms with E-state index < -0.39 is 16.4 Å². The Morgan fingerprint density at radius 3 is 2.04 bits per heavy atom. The molecule has 1 aromatic rings. The van der Waals surface area contributed by atoms with E-state index in [0.29, 0.717) is 0 Å². The molecule has 0 aliphatic carbocycles. The minimum Gasteiger partial charge on any atom is -0.414 e. The van der Waals surface area contributed by atoms with Crippen LogP contribution in [0.5, 0.6) is 0 Å². The SMILES string of the molecule is C[C@H](O[Si](C)(C)C(C)(C)C)[C@@H](C)/C=C(\CO)[Si](C)(C)c1ccccc1. The van der Waals surface area contributed by atoms with Crippen molar-refractivity contribution in [3.63, 3.8) is 0 Å². The van der Waals surface area contributed by atoms with Crippen molar-refractivity contribution in [1.82, 2.24) is 0 Å². The highest BCUT2D eigenvalue weighted by Crippen LogP contribution is 2.38. The van der Waals surface area contributed by atoms with Crippen LogP contribution in [0.2, 0.25) is 31.2 Å². The molecule has 0 radical (unpaired) electrons. The lowest BCUT2D eigenvalue weighted by atomic mass is 10.1. The highest BCUT2D eigenvalue weighted by atomic mass is 28.4. The van der Waals surface area contributed by atoms with Crippen molar-refractivity contribution in [2.45, 2.75) is 71.9 Å². The number of benzene rings is 1. The number of hydrogen-bond donors (Lipinski definition) is 1. The van der Waals surface area contributed by atoms with Crippen LogP contribution in [0.4, 0.5) is 0 Å². The molecule has 0 fully saturated rings. The average Bonchev–Trinajstić information content (AvgIpc) is 2.51. The van der Waals surface area contributed by atoms with Gasteiger partial charge in [-0.2, -0.15) is 0 Å². The van der Waals surface area contributed by atoms with E-state index in [9.17, 15) is 5.11 Å². The summed E-state index contributed by atoms with van der Waals surface area (Å²) < 4.78 is 6.56. The fourth-order valence-electron chi connectivity index (χ4n) is 2.70. The van der Waals surface area contributed by atoms with Crippen molar-refractivity contribution >= 4 is 21.6 Å². The summed E-state index contributed by atoms with van der Waals surface area (Å²) in [7, 11) is -3.63. The van der Waals surface area contributed by atoms with Gasteiger partial charge >= 0.3 is 0 Å². The van der Waals surface area contributed by atoms with E-state index in [1.807, 2.05) is 6.07 Å². The van der Waals surface area contributed by atoms with Gasteiger partial charge in [0.15, 0.2) is 8.32 Å². The van der Waals surface area contributed by atoms with Gasteiger partial charge < -0.3 is 9.53 Å². The molecule has 0 saturated heterocycles. The molecule has 25 heavy (non-hydrogen) atoms. The third-order valence-corrected chi connectivity index (χ3v) is 14.2. The zero-order valence-electron chi connectivity index (χ0n) is 17.7. The molecule has 0 aliphatic heterocycles. The Bertz CT molecular complexity index is 571. The zero-order chi connectivity index (χ0) is 19.5. The summed E-state index contributed by atoms with van der Waals surface area (Å²) >= 11 is 0. The number of hydrogen-bond acceptors (Lipinski definition) is 2. The van der Waals surface area contributed by atoms with Crippen LogP contribution < -0.4 is 5.19 Å². The van der Waals surface area contributed by atoms with Crippen LogP contribution in [-0.2, 0) is 4.43 Å². The maximum absolute atomic E-state index is 10.0. The third-order valence-electron chi connectivity index (χ3n) is 5.96. The number of aliphatic hydroxyl groups excluding tert-OH is 1. The van der Waals surface area contributed by atoms with Crippen molar-refractivity contribution in [3.8, 4) is 0 Å². The average molecular weight is 379 g/mol. The Labute approximate surface area is 157 Å². The molecule has 0 amide bonds. The molecule has 2 atom stereocenters. The fourth-order valence-corrected chi connectivity index (χ4v) is 6.67. The van der Waals surface area contributed by atoms with Gasteiger partial charge in [0.1, 0.15) is 8.07 Å². The van der Waals surface area contributed by atoms with E-state index in [0.717, 1.165) is 0 Å². The predicted octanol–water partition coefficient (Wildman–Crippen LogP) is 5.11. The summed E-state index contributed by atoms with van der Waals surface area (Å²) in [6, 6.07) is 10.6. The molecule has 2 nitrogen and oxygen atoms in total. The van der Waals surface area contributed by atoms with Gasteiger partial charge in [-0.1, -0.05) is 87.6 Å². The molecule has 0 saturated carbocycles. The zero-order valence-corrected chi connectivity index (χ0v) is 19.7. The first kappa shape index (κ1) is 22.4. The second kappa shape index (κ2) is 8.34. The highest BCUT2D eigenvalue weighted by Gasteiger charge is 2.39. The van der Waals surface area contributed by atoms with Gasteiger partial charge in [0, 0.05) is 6.10 Å². The van der Waals surface area contributed by atoms with Crippen LogP contribution in [0.3, 0.4) is 0 Å². The van der Waals surface area contributed by atoms with Gasteiger partial charge in [0.25, 0.3) is 0 Å². The summed E-state index contributed by atoms with van der Waals surface area (Å²) in [4.78, 5) is 0. The summed E-state index contributed by atoms with van der Waals surface area (Å²) in [5.74, 6) is 0.284. The lowest BCUT2D eigenvalue weighted by Crippen LogP contribution is -2.46. The minimum atomic E-state index is -1.85. The monoisotopic (exact) mass is 378 g/mol. The minimum absolute atomic E-state index is 0.130. The Kier molecular flexibility index (Phi) is 7.46. The first-order valence-corrected chi connectivity index (χ1v) is 15.3. The molecule has 0 bridgehead atoms. The third kappa shape index (κ3) is 5.65. The van der Waals surface area contributed by atoms with Crippen molar-refractivity contribution in [2.24, 2.45) is 5.92 Å². The van der Waals surface area contributed by atoms with Crippen LogP contribution in [0.15, 0.2) is 41.6 Å². The van der Waals surface area contributed by atoms with Crippen LogP contribution in [0.1, 0.15) is 34.6 Å². The number of rotatable bonds is 7. The molecule has 142 valence electrons. The maximum Gasteiger partial charge on any atom is 0.192 e. The second-order valence-corrected chi connectivity index (χ2v) is 18.5. The standard InChI is InChI=1S/C21H38O2Si2/c1-17(18(2)23-25(8,9)21(3,4)5)15-20(16-22)24(6,7)19-13-11-10-12-14-19/h10-15,17-18,22H,16H2,1-9H3/b20-15+/t17-,18-/m0/s1. The fraction of sp³-hybridized carbons (Fsp3) is 0.619. The van der Waals surface area contributed by atoms with E-state index in [-0.39, 0.29) is 23.7 Å². The van der Waals surface area contributed by atoms with Gasteiger partial charge in [0.05, 0.1) is 6.61 Å². The van der Waals surface area contributed by atoms with Crippen molar-refractivity contribution < 1.29 is 9.53 Å². The van der Waals surface area contributed by atoms with Crippen LogP contribution >= 0.6 is 0 Å². The van der Waals surface area contributed by atoms with Gasteiger partial charge in [-0.05, 0) is 31.0 Å². The quantitative estimate of drug-likeness (QED) is 0.668. The molecule has 0 aliphatic rings. The summed E-state index contributed by atoms with van der Waals surface area (Å²) in [5, 5.41) is 12.8. The predicted molar refractivity (Wildman–Crippen MR) is 116 cm³/mol. The number of aliphatic hydroxyl groups is 1. The van der Waals surface area contributed by atoms with Gasteiger partial charge in [-0.3, -0.25) is 0 Å². The molecule has 0 aromatic heterocycles. The molecule has 1 aromatic carbocycles. The van der Waals surface area contributed by atoms with E-state index >= 15 is 0 Å². The van der Waals surface area contributed by atoms with Crippen LogP contribution in [0, 0.1) is 5.92 Å². The molecule has 4 heteroatoms. The topological polar surface area (TPSA) is 29.5 Å². The molecule has 0 heterocycles. The molecular formula is C21H38O2Si2. The Balaban J connectivity index is 3.01. The van der Waals surface area contributed by atoms with Crippen molar-refractivity contribution in [3.05, 3.63) is 41.6 Å². The molecule has 0 unspecified atom stereocenters. The molecule has 1 rings (SSSR count). The molecular weight excluding hydrogens is 340 g/mol. The smallest absolute Gasteiger partial charge is 0.192 e. The first-order valence-electron chi connectivity index (χ1n) is 9.38. The van der Waals surface area contributed by atoms with Gasteiger partial charge in [-0.25, -0.2) is 0 Å². The Morgan fingerprint density at radius 1 is 1.08 bits per heavy atom. The van der Waals surface area contributed by atoms with Crippen molar-refractivity contribution in [2.75, 3.05) is 6.61 Å². The maximum atomic E-state index is 10.0. The van der Waals surface area contributed by atoms with Gasteiger partial charge in [-0.15, -0.1) is 0 Å². The van der Waals surface area contributed by atoms with Crippen LogP contribution in [0.25, 0.3) is 0 Å². The van der Waals surface area contributed by atoms with E-state index in [4.69, 9.17) is 4.43 Å². The highest BCUT2D eigenvalue weighted by molar-refractivity contribution is 6.95. The van der Waals surface area contributed by atoms with Crippen molar-refractivity contribution in [1.29, 1.82) is 0 Å². The van der Waals surface area contributed by atoms with E-state index in [1.54, 1.807) is 0 Å². The molecule has 0 spiro atoms. The summed E-state index contributed by atoms with van der Waals surface area (Å²) in [6.07, 6.45) is 2.43. The first-order chi connectivity index (χ1) is 11.3. The molecule has 1 N–H and O–H groups in total. The summed E-state index contributed by atoms with van der Waals surface area (Å²) in [6.45, 7) is 20.6. The van der Waals surface area contributed by atoms with Gasteiger partial charge in [0.2, 0.25) is 0 Å². The lowest BCUT2D eigenvalue weighted by Gasteiger charge is -2.40. The van der Waals surface area contributed by atoms with E-state index in [1.165, 1.54) is 10.4 Å². The second-order valence-electron chi connectivity index (χ2n) is 9.28.